The first-order valence-electron chi connectivity index (χ1n) is 9.13. The van der Waals surface area contributed by atoms with E-state index in [1.165, 1.54) is 5.56 Å². The van der Waals surface area contributed by atoms with Crippen LogP contribution in [-0.2, 0) is 16.0 Å². The Bertz CT molecular complexity index is 837. The topological polar surface area (TPSA) is 63.1 Å². The fourth-order valence-corrected chi connectivity index (χ4v) is 3.53. The van der Waals surface area contributed by atoms with Crippen LogP contribution in [0.1, 0.15) is 12.5 Å². The molecule has 1 heterocycles. The monoisotopic (exact) mass is 368 g/mol. The number of para-hydroxylation sites is 1. The summed E-state index contributed by atoms with van der Waals surface area (Å²) >= 11 is 0. The summed E-state index contributed by atoms with van der Waals surface area (Å²) in [4.78, 5) is 27.8. The highest BCUT2D eigenvalue weighted by atomic mass is 16.5. The summed E-state index contributed by atoms with van der Waals surface area (Å²) in [6, 6.07) is 15.4. The lowest BCUT2D eigenvalue weighted by Crippen LogP contribution is -3.11. The number of nitrogens with zero attached hydrogens (tertiary/aromatic N) is 1. The van der Waals surface area contributed by atoms with E-state index in [1.807, 2.05) is 48.3 Å². The molecule has 0 saturated carbocycles. The first-order valence-corrected chi connectivity index (χ1v) is 9.13. The van der Waals surface area contributed by atoms with Crippen molar-refractivity contribution in [1.29, 1.82) is 0 Å². The van der Waals surface area contributed by atoms with Crippen molar-refractivity contribution in [3.63, 3.8) is 0 Å². The minimum Gasteiger partial charge on any atom is -0.497 e. The zero-order chi connectivity index (χ0) is 19.4. The summed E-state index contributed by atoms with van der Waals surface area (Å²) < 4.78 is 5.16. The van der Waals surface area contributed by atoms with Crippen molar-refractivity contribution < 1.29 is 19.2 Å². The van der Waals surface area contributed by atoms with Crippen LogP contribution in [0.2, 0.25) is 0 Å². The molecule has 2 amide bonds. The normalized spacial score (nSPS) is 16.6. The van der Waals surface area contributed by atoms with E-state index in [2.05, 4.69) is 18.3 Å². The molecule has 0 radical (unpaired) electrons. The first kappa shape index (κ1) is 18.9. The lowest BCUT2D eigenvalue weighted by atomic mass is 10.1. The van der Waals surface area contributed by atoms with Crippen LogP contribution in [0.3, 0.4) is 0 Å². The van der Waals surface area contributed by atoms with E-state index >= 15 is 0 Å². The van der Waals surface area contributed by atoms with Crippen molar-refractivity contribution in [2.45, 2.75) is 19.4 Å². The van der Waals surface area contributed by atoms with Gasteiger partial charge in [-0.2, -0.15) is 0 Å². The standard InChI is InChI=1S/C21H25N3O3/c1-15-11-16-7-4-5-10-19(16)24(15)21(26)14-23(2)13-20(25)22-17-8-6-9-18(12-17)27-3/h4-10,12,15H,11,13-14H2,1-3H3,(H,22,25)/p+1/t15-/m0/s1. The van der Waals surface area contributed by atoms with Crippen LogP contribution < -0.4 is 19.9 Å². The van der Waals surface area contributed by atoms with Crippen molar-refractivity contribution in [1.82, 2.24) is 0 Å². The van der Waals surface area contributed by atoms with Gasteiger partial charge in [0.1, 0.15) is 5.75 Å². The van der Waals surface area contributed by atoms with Crippen LogP contribution >= 0.6 is 0 Å². The van der Waals surface area contributed by atoms with Crippen molar-refractivity contribution in [3.05, 3.63) is 54.1 Å². The molecule has 0 aliphatic carbocycles. The molecule has 6 nitrogen and oxygen atoms in total. The molecule has 0 bridgehead atoms. The predicted molar refractivity (Wildman–Crippen MR) is 105 cm³/mol. The van der Waals surface area contributed by atoms with E-state index in [0.717, 1.165) is 17.0 Å². The summed E-state index contributed by atoms with van der Waals surface area (Å²) in [7, 11) is 3.44. The molecule has 0 aromatic heterocycles. The van der Waals surface area contributed by atoms with Gasteiger partial charge in [-0.05, 0) is 37.1 Å². The second-order valence-corrected chi connectivity index (χ2v) is 7.04. The minimum absolute atomic E-state index is 0.0409. The highest BCUT2D eigenvalue weighted by Gasteiger charge is 2.32. The maximum absolute atomic E-state index is 12.8. The number of carbonyl (C=O) groups is 2. The van der Waals surface area contributed by atoms with Crippen molar-refractivity contribution in [2.75, 3.05) is 37.5 Å². The van der Waals surface area contributed by atoms with Gasteiger partial charge in [-0.1, -0.05) is 24.3 Å². The Hall–Kier alpha value is -2.86. The SMILES string of the molecule is COc1cccc(NC(=O)C[NH+](C)CC(=O)N2c3ccccc3C[C@@H]2C)c1. The molecule has 3 rings (SSSR count). The van der Waals surface area contributed by atoms with E-state index in [9.17, 15) is 9.59 Å². The van der Waals surface area contributed by atoms with Gasteiger partial charge in [0.2, 0.25) is 0 Å². The largest absolute Gasteiger partial charge is 0.497 e. The first-order chi connectivity index (χ1) is 13.0. The van der Waals surface area contributed by atoms with Gasteiger partial charge in [-0.15, -0.1) is 0 Å². The van der Waals surface area contributed by atoms with Crippen LogP contribution in [0.5, 0.6) is 5.75 Å². The van der Waals surface area contributed by atoms with E-state index in [1.54, 1.807) is 13.2 Å². The van der Waals surface area contributed by atoms with Crippen LogP contribution in [-0.4, -0.2) is 45.1 Å². The quantitative estimate of drug-likeness (QED) is 0.803. The fourth-order valence-electron chi connectivity index (χ4n) is 3.53. The molecule has 1 unspecified atom stereocenters. The van der Waals surface area contributed by atoms with E-state index in [-0.39, 0.29) is 30.9 Å². The van der Waals surface area contributed by atoms with E-state index in [4.69, 9.17) is 4.74 Å². The van der Waals surface area contributed by atoms with Gasteiger partial charge in [0.05, 0.1) is 14.2 Å². The van der Waals surface area contributed by atoms with Crippen molar-refractivity contribution in [2.24, 2.45) is 0 Å². The average molecular weight is 368 g/mol. The second-order valence-electron chi connectivity index (χ2n) is 7.04. The Balaban J connectivity index is 1.56. The number of fused-ring (bicyclic) bond motifs is 1. The Labute approximate surface area is 159 Å². The molecule has 1 aliphatic heterocycles. The third-order valence-corrected chi connectivity index (χ3v) is 4.74. The minimum atomic E-state index is -0.136. The summed E-state index contributed by atoms with van der Waals surface area (Å²) in [5, 5.41) is 2.85. The van der Waals surface area contributed by atoms with Gasteiger partial charge < -0.3 is 19.9 Å². The molecule has 6 heteroatoms. The Morgan fingerprint density at radius 2 is 1.96 bits per heavy atom. The lowest BCUT2D eigenvalue weighted by molar-refractivity contribution is -0.862. The van der Waals surface area contributed by atoms with Crippen molar-refractivity contribution in [3.8, 4) is 5.75 Å². The molecular formula is C21H26N3O3+. The molecule has 0 spiro atoms. The number of rotatable bonds is 6. The number of quaternary nitrogens is 1. The maximum atomic E-state index is 12.8. The van der Waals surface area contributed by atoms with Crippen LogP contribution in [0.4, 0.5) is 11.4 Å². The highest BCUT2D eigenvalue weighted by molar-refractivity contribution is 5.97. The fraction of sp³-hybridized carbons (Fsp3) is 0.333. The molecular weight excluding hydrogens is 342 g/mol. The molecule has 142 valence electrons. The van der Waals surface area contributed by atoms with Gasteiger partial charge in [0, 0.05) is 23.5 Å². The van der Waals surface area contributed by atoms with E-state index < -0.39 is 0 Å². The summed E-state index contributed by atoms with van der Waals surface area (Å²) in [5.41, 5.74) is 2.87. The third kappa shape index (κ3) is 4.46. The molecule has 2 aromatic rings. The summed E-state index contributed by atoms with van der Waals surface area (Å²) in [6.45, 7) is 2.54. The lowest BCUT2D eigenvalue weighted by Gasteiger charge is -2.24. The second kappa shape index (κ2) is 8.22. The number of hydrogen-bond donors (Lipinski definition) is 2. The van der Waals surface area contributed by atoms with Gasteiger partial charge in [-0.3, -0.25) is 9.59 Å². The van der Waals surface area contributed by atoms with Crippen molar-refractivity contribution >= 4 is 23.2 Å². The number of amides is 2. The molecule has 27 heavy (non-hydrogen) atoms. The van der Waals surface area contributed by atoms with Gasteiger partial charge in [0.25, 0.3) is 11.8 Å². The van der Waals surface area contributed by atoms with E-state index in [0.29, 0.717) is 11.4 Å². The zero-order valence-corrected chi connectivity index (χ0v) is 16.0. The molecule has 2 atom stereocenters. The maximum Gasteiger partial charge on any atom is 0.282 e. The number of nitrogens with one attached hydrogen (secondary N) is 2. The van der Waals surface area contributed by atoms with Gasteiger partial charge in [0.15, 0.2) is 13.1 Å². The molecule has 2 N–H and O–H groups in total. The Morgan fingerprint density at radius 3 is 2.74 bits per heavy atom. The highest BCUT2D eigenvalue weighted by Crippen LogP contribution is 2.31. The Kier molecular flexibility index (Phi) is 5.76. The number of carbonyl (C=O) groups excluding carboxylic acids is 2. The number of ether oxygens (including phenoxy) is 1. The predicted octanol–water partition coefficient (Wildman–Crippen LogP) is 1.13. The average Bonchev–Trinajstić information content (AvgIpc) is 2.97. The number of anilines is 2. The smallest absolute Gasteiger partial charge is 0.282 e. The third-order valence-electron chi connectivity index (χ3n) is 4.74. The number of likely N-dealkylation sites (N-methyl/N-ethyl adjacent to an activating group) is 1. The van der Waals surface area contributed by atoms with Gasteiger partial charge >= 0.3 is 0 Å². The van der Waals surface area contributed by atoms with Gasteiger partial charge in [-0.25, -0.2) is 0 Å². The van der Waals surface area contributed by atoms with Crippen LogP contribution in [0.25, 0.3) is 0 Å². The number of methoxy groups -OCH3 is 1. The summed E-state index contributed by atoms with van der Waals surface area (Å²) in [5.74, 6) is 0.591. The molecule has 2 aromatic carbocycles. The number of benzene rings is 2. The van der Waals surface area contributed by atoms with Crippen LogP contribution in [0.15, 0.2) is 48.5 Å². The Morgan fingerprint density at radius 1 is 1.19 bits per heavy atom. The number of hydrogen-bond acceptors (Lipinski definition) is 3. The molecule has 1 aliphatic rings. The molecule has 0 fully saturated rings. The summed E-state index contributed by atoms with van der Waals surface area (Å²) in [6.07, 6.45) is 0.872. The molecule has 0 saturated heterocycles. The zero-order valence-electron chi connectivity index (χ0n) is 16.0. The van der Waals surface area contributed by atoms with Crippen LogP contribution in [0, 0.1) is 0 Å².